The van der Waals surface area contributed by atoms with Crippen molar-refractivity contribution in [1.29, 1.82) is 0 Å². The summed E-state index contributed by atoms with van der Waals surface area (Å²) in [5, 5.41) is 10.8. The van der Waals surface area contributed by atoms with E-state index < -0.39 is 6.04 Å². The number of amides is 1. The monoisotopic (exact) mass is 308 g/mol. The lowest BCUT2D eigenvalue weighted by molar-refractivity contribution is 0.0929. The Morgan fingerprint density at radius 3 is 2.65 bits per heavy atom. The normalized spacial score (nSPS) is 11.9. The van der Waals surface area contributed by atoms with E-state index in [4.69, 9.17) is 4.42 Å². The summed E-state index contributed by atoms with van der Waals surface area (Å²) in [6.45, 7) is 1.72. The van der Waals surface area contributed by atoms with Crippen LogP contribution >= 0.6 is 0 Å². The predicted molar refractivity (Wildman–Crippen MR) is 83.6 cm³/mol. The number of hydrogen-bond acceptors (Lipinski definition) is 5. The van der Waals surface area contributed by atoms with Crippen molar-refractivity contribution in [2.45, 2.75) is 19.4 Å². The minimum Gasteiger partial charge on any atom is -0.423 e. The standard InChI is InChI=1S/C17H16N4O2/c1-12-20-21-17(23-12)15(10-13-6-3-2-4-7-13)19-16(22)14-8-5-9-18-11-14/h2-9,11,15H,10H2,1H3,(H,19,22). The number of aryl methyl sites for hydroxylation is 1. The molecule has 23 heavy (non-hydrogen) atoms. The molecule has 3 rings (SSSR count). The average molecular weight is 308 g/mol. The summed E-state index contributed by atoms with van der Waals surface area (Å²) in [6.07, 6.45) is 3.71. The van der Waals surface area contributed by atoms with Crippen molar-refractivity contribution in [3.63, 3.8) is 0 Å². The van der Waals surface area contributed by atoms with E-state index in [1.165, 1.54) is 6.20 Å². The number of benzene rings is 1. The van der Waals surface area contributed by atoms with Gasteiger partial charge in [-0.1, -0.05) is 30.3 Å². The van der Waals surface area contributed by atoms with Gasteiger partial charge in [0.2, 0.25) is 11.8 Å². The maximum atomic E-state index is 12.4. The van der Waals surface area contributed by atoms with Gasteiger partial charge in [0.05, 0.1) is 5.56 Å². The molecule has 6 nitrogen and oxygen atoms in total. The summed E-state index contributed by atoms with van der Waals surface area (Å²) in [6, 6.07) is 12.9. The average Bonchev–Trinajstić information content (AvgIpc) is 3.02. The molecular formula is C17H16N4O2. The van der Waals surface area contributed by atoms with Crippen molar-refractivity contribution >= 4 is 5.91 Å². The van der Waals surface area contributed by atoms with Crippen molar-refractivity contribution in [1.82, 2.24) is 20.5 Å². The first-order valence-electron chi connectivity index (χ1n) is 7.27. The highest BCUT2D eigenvalue weighted by molar-refractivity contribution is 5.94. The predicted octanol–water partition coefficient (Wildman–Crippen LogP) is 2.49. The van der Waals surface area contributed by atoms with Gasteiger partial charge in [-0.15, -0.1) is 10.2 Å². The van der Waals surface area contributed by atoms with Crippen LogP contribution in [-0.4, -0.2) is 21.1 Å². The van der Waals surface area contributed by atoms with E-state index in [-0.39, 0.29) is 5.91 Å². The smallest absolute Gasteiger partial charge is 0.253 e. The number of pyridine rings is 1. The fraction of sp³-hybridized carbons (Fsp3) is 0.176. The Morgan fingerprint density at radius 2 is 2.00 bits per heavy atom. The Morgan fingerprint density at radius 1 is 1.17 bits per heavy atom. The summed E-state index contributed by atoms with van der Waals surface area (Å²) < 4.78 is 5.50. The van der Waals surface area contributed by atoms with Gasteiger partial charge in [0.1, 0.15) is 6.04 Å². The number of carbonyl (C=O) groups is 1. The minimum absolute atomic E-state index is 0.227. The van der Waals surface area contributed by atoms with E-state index in [0.717, 1.165) is 5.56 Å². The van der Waals surface area contributed by atoms with Crippen LogP contribution in [0.1, 0.15) is 33.7 Å². The maximum Gasteiger partial charge on any atom is 0.253 e. The van der Waals surface area contributed by atoms with Crippen LogP contribution in [0.3, 0.4) is 0 Å². The molecular weight excluding hydrogens is 292 g/mol. The van der Waals surface area contributed by atoms with Gasteiger partial charge in [-0.3, -0.25) is 9.78 Å². The van der Waals surface area contributed by atoms with Gasteiger partial charge in [-0.05, 0) is 17.7 Å². The molecule has 2 heterocycles. The lowest BCUT2D eigenvalue weighted by Gasteiger charge is -2.15. The van der Waals surface area contributed by atoms with Gasteiger partial charge in [-0.2, -0.15) is 0 Å². The number of nitrogens with one attached hydrogen (secondary N) is 1. The zero-order valence-corrected chi connectivity index (χ0v) is 12.6. The van der Waals surface area contributed by atoms with E-state index in [1.807, 2.05) is 30.3 Å². The molecule has 1 unspecified atom stereocenters. The third-order valence-electron chi connectivity index (χ3n) is 3.35. The molecule has 116 valence electrons. The molecule has 0 saturated heterocycles. The molecule has 0 aliphatic carbocycles. The molecule has 0 bridgehead atoms. The Kier molecular flexibility index (Phi) is 4.42. The van der Waals surface area contributed by atoms with E-state index >= 15 is 0 Å². The van der Waals surface area contributed by atoms with Gasteiger partial charge >= 0.3 is 0 Å². The molecule has 1 aromatic carbocycles. The molecule has 0 aliphatic rings. The van der Waals surface area contributed by atoms with Gasteiger partial charge in [-0.25, -0.2) is 0 Å². The maximum absolute atomic E-state index is 12.4. The van der Waals surface area contributed by atoms with Crippen LogP contribution in [0.2, 0.25) is 0 Å². The number of carbonyl (C=O) groups excluding carboxylic acids is 1. The van der Waals surface area contributed by atoms with Crippen LogP contribution in [0.15, 0.2) is 59.3 Å². The highest BCUT2D eigenvalue weighted by atomic mass is 16.4. The van der Waals surface area contributed by atoms with Gasteiger partial charge in [0, 0.05) is 25.7 Å². The minimum atomic E-state index is -0.397. The first-order valence-corrected chi connectivity index (χ1v) is 7.27. The van der Waals surface area contributed by atoms with E-state index in [0.29, 0.717) is 23.8 Å². The number of rotatable bonds is 5. The molecule has 2 aromatic heterocycles. The van der Waals surface area contributed by atoms with Crippen LogP contribution in [0.25, 0.3) is 0 Å². The van der Waals surface area contributed by atoms with E-state index in [2.05, 4.69) is 20.5 Å². The second kappa shape index (κ2) is 6.83. The Bertz CT molecular complexity index is 772. The quantitative estimate of drug-likeness (QED) is 0.783. The van der Waals surface area contributed by atoms with Crippen LogP contribution < -0.4 is 5.32 Å². The van der Waals surface area contributed by atoms with Gasteiger partial charge in [0.25, 0.3) is 5.91 Å². The SMILES string of the molecule is Cc1nnc(C(Cc2ccccc2)NC(=O)c2cccnc2)o1. The Hall–Kier alpha value is -3.02. The van der Waals surface area contributed by atoms with Crippen molar-refractivity contribution < 1.29 is 9.21 Å². The molecule has 0 aliphatic heterocycles. The summed E-state index contributed by atoms with van der Waals surface area (Å²) in [4.78, 5) is 16.3. The molecule has 6 heteroatoms. The van der Waals surface area contributed by atoms with Crippen molar-refractivity contribution in [2.24, 2.45) is 0 Å². The summed E-state index contributed by atoms with van der Waals surface area (Å²) in [7, 11) is 0. The number of hydrogen-bond donors (Lipinski definition) is 1. The fourth-order valence-electron chi connectivity index (χ4n) is 2.24. The molecule has 0 saturated carbocycles. The first-order chi connectivity index (χ1) is 11.2. The fourth-order valence-corrected chi connectivity index (χ4v) is 2.24. The molecule has 1 amide bonds. The Balaban J connectivity index is 1.82. The van der Waals surface area contributed by atoms with Gasteiger partial charge in [0.15, 0.2) is 0 Å². The van der Waals surface area contributed by atoms with E-state index in [9.17, 15) is 4.79 Å². The zero-order chi connectivity index (χ0) is 16.1. The summed E-state index contributed by atoms with van der Waals surface area (Å²) in [5.41, 5.74) is 1.56. The second-order valence-electron chi connectivity index (χ2n) is 5.12. The van der Waals surface area contributed by atoms with E-state index in [1.54, 1.807) is 25.3 Å². The topological polar surface area (TPSA) is 80.9 Å². The molecule has 1 atom stereocenters. The highest BCUT2D eigenvalue weighted by Gasteiger charge is 2.21. The molecule has 1 N–H and O–H groups in total. The summed E-state index contributed by atoms with van der Waals surface area (Å²) >= 11 is 0. The summed E-state index contributed by atoms with van der Waals surface area (Å²) in [5.74, 6) is 0.632. The van der Waals surface area contributed by atoms with Crippen molar-refractivity contribution in [2.75, 3.05) is 0 Å². The molecule has 0 spiro atoms. The zero-order valence-electron chi connectivity index (χ0n) is 12.6. The molecule has 0 fully saturated rings. The third-order valence-corrected chi connectivity index (χ3v) is 3.35. The lowest BCUT2D eigenvalue weighted by atomic mass is 10.1. The second-order valence-corrected chi connectivity index (χ2v) is 5.12. The first kappa shape index (κ1) is 14.9. The van der Waals surface area contributed by atoms with Gasteiger partial charge < -0.3 is 9.73 Å². The van der Waals surface area contributed by atoms with Crippen LogP contribution in [0.5, 0.6) is 0 Å². The van der Waals surface area contributed by atoms with Crippen molar-refractivity contribution in [3.8, 4) is 0 Å². The largest absolute Gasteiger partial charge is 0.423 e. The molecule has 3 aromatic rings. The Labute approximate surface area is 133 Å². The highest BCUT2D eigenvalue weighted by Crippen LogP contribution is 2.18. The van der Waals surface area contributed by atoms with Crippen LogP contribution in [0.4, 0.5) is 0 Å². The van der Waals surface area contributed by atoms with Crippen LogP contribution in [-0.2, 0) is 6.42 Å². The number of aromatic nitrogens is 3. The van der Waals surface area contributed by atoms with Crippen LogP contribution in [0, 0.1) is 6.92 Å². The lowest BCUT2D eigenvalue weighted by Crippen LogP contribution is -2.30. The van der Waals surface area contributed by atoms with Crippen molar-refractivity contribution in [3.05, 3.63) is 77.8 Å². The number of nitrogens with zero attached hydrogens (tertiary/aromatic N) is 3. The third kappa shape index (κ3) is 3.79. The molecule has 0 radical (unpaired) electrons.